The average molecular weight is 389 g/mol. The van der Waals surface area contributed by atoms with E-state index in [1.807, 2.05) is 18.2 Å². The fourth-order valence-electron chi connectivity index (χ4n) is 4.03. The van der Waals surface area contributed by atoms with E-state index in [0.29, 0.717) is 0 Å². The van der Waals surface area contributed by atoms with Crippen LogP contribution in [0.15, 0.2) is 42.5 Å². The van der Waals surface area contributed by atoms with Crippen LogP contribution in [0.4, 0.5) is 0 Å². The summed E-state index contributed by atoms with van der Waals surface area (Å²) in [7, 11) is 0. The van der Waals surface area contributed by atoms with Crippen LogP contribution in [0, 0.1) is 3.57 Å². The zero-order valence-corrected chi connectivity index (χ0v) is 13.2. The number of carbonyl (C=O) groups excluding carboxylic acids is 1. The number of hydrogen-bond donors (Lipinski definition) is 1. The lowest BCUT2D eigenvalue weighted by Gasteiger charge is -2.35. The molecular weight excluding hydrogens is 377 g/mol. The fraction of sp³-hybridized carbons (Fsp3) is 0.235. The van der Waals surface area contributed by atoms with Crippen LogP contribution in [0.25, 0.3) is 0 Å². The zero-order valence-electron chi connectivity index (χ0n) is 11.0. The van der Waals surface area contributed by atoms with Gasteiger partial charge in [-0.1, -0.05) is 24.3 Å². The molecular formula is C17H12INO2. The van der Waals surface area contributed by atoms with Gasteiger partial charge in [-0.25, -0.2) is 0 Å². The Labute approximate surface area is 135 Å². The molecule has 0 aliphatic carbocycles. The van der Waals surface area contributed by atoms with Gasteiger partial charge in [0, 0.05) is 15.1 Å². The third kappa shape index (κ3) is 1.49. The number of amides is 1. The van der Waals surface area contributed by atoms with Crippen LogP contribution >= 0.6 is 22.6 Å². The molecule has 1 saturated heterocycles. The molecule has 104 valence electrons. The topological polar surface area (TPSA) is 38.3 Å². The third-order valence-corrected chi connectivity index (χ3v) is 5.53. The first-order chi connectivity index (χ1) is 10.2. The van der Waals surface area contributed by atoms with E-state index in [4.69, 9.17) is 4.74 Å². The van der Waals surface area contributed by atoms with E-state index in [1.54, 1.807) is 0 Å². The Morgan fingerprint density at radius 3 is 2.57 bits per heavy atom. The maximum atomic E-state index is 12.4. The summed E-state index contributed by atoms with van der Waals surface area (Å²) >= 11 is 2.30. The van der Waals surface area contributed by atoms with Crippen molar-refractivity contribution in [2.75, 3.05) is 0 Å². The second-order valence-corrected chi connectivity index (χ2v) is 7.11. The Morgan fingerprint density at radius 2 is 1.76 bits per heavy atom. The van der Waals surface area contributed by atoms with Crippen molar-refractivity contribution in [2.45, 2.75) is 24.2 Å². The van der Waals surface area contributed by atoms with Crippen LogP contribution in [0.3, 0.4) is 0 Å². The average Bonchev–Trinajstić information content (AvgIpc) is 3.04. The molecule has 0 saturated carbocycles. The lowest BCUT2D eigenvalue weighted by molar-refractivity contribution is 0.0611. The number of rotatable bonds is 0. The van der Waals surface area contributed by atoms with Gasteiger partial charge in [-0.05, 0) is 57.5 Å². The van der Waals surface area contributed by atoms with Gasteiger partial charge in [0.2, 0.25) is 0 Å². The van der Waals surface area contributed by atoms with Crippen molar-refractivity contribution in [1.82, 2.24) is 5.32 Å². The molecule has 21 heavy (non-hydrogen) atoms. The Bertz CT molecular complexity index is 788. The number of benzene rings is 2. The van der Waals surface area contributed by atoms with Crippen LogP contribution in [-0.4, -0.2) is 11.9 Å². The van der Waals surface area contributed by atoms with Gasteiger partial charge < -0.3 is 10.1 Å². The lowest BCUT2D eigenvalue weighted by Crippen LogP contribution is -2.46. The molecule has 1 fully saturated rings. The quantitative estimate of drug-likeness (QED) is 0.703. The highest BCUT2D eigenvalue weighted by atomic mass is 127. The second kappa shape index (κ2) is 4.08. The van der Waals surface area contributed by atoms with Gasteiger partial charge in [0.15, 0.2) is 0 Å². The third-order valence-electron chi connectivity index (χ3n) is 4.86. The summed E-state index contributed by atoms with van der Waals surface area (Å²) in [5, 5.41) is 3.16. The summed E-state index contributed by atoms with van der Waals surface area (Å²) < 4.78 is 7.38. The smallest absolute Gasteiger partial charge is 0.251 e. The zero-order chi connectivity index (χ0) is 14.1. The van der Waals surface area contributed by atoms with E-state index in [-0.39, 0.29) is 30.1 Å². The molecule has 2 aromatic rings. The molecule has 0 spiro atoms. The summed E-state index contributed by atoms with van der Waals surface area (Å²) in [6.45, 7) is 0. The maximum Gasteiger partial charge on any atom is 0.251 e. The number of nitrogens with one attached hydrogen (secondary N) is 1. The molecule has 3 heterocycles. The summed E-state index contributed by atoms with van der Waals surface area (Å²) in [6, 6.07) is 14.5. The predicted octanol–water partition coefficient (Wildman–Crippen LogP) is 3.31. The van der Waals surface area contributed by atoms with Crippen molar-refractivity contribution < 1.29 is 9.53 Å². The van der Waals surface area contributed by atoms with Crippen LogP contribution in [0.5, 0.6) is 0 Å². The number of fused-ring (bicyclic) bond motifs is 10. The second-order valence-electron chi connectivity index (χ2n) is 5.86. The van der Waals surface area contributed by atoms with Gasteiger partial charge in [0.25, 0.3) is 5.91 Å². The molecule has 5 rings (SSSR count). The number of hydrogen-bond acceptors (Lipinski definition) is 2. The molecule has 0 radical (unpaired) electrons. The van der Waals surface area contributed by atoms with Gasteiger partial charge in [0.1, 0.15) is 6.10 Å². The number of carbonyl (C=O) groups is 1. The van der Waals surface area contributed by atoms with Crippen LogP contribution < -0.4 is 5.32 Å². The maximum absolute atomic E-state index is 12.4. The molecule has 3 aliphatic rings. The minimum Gasteiger partial charge on any atom is -0.363 e. The van der Waals surface area contributed by atoms with E-state index in [2.05, 4.69) is 52.2 Å². The van der Waals surface area contributed by atoms with Gasteiger partial charge in [-0.15, -0.1) is 0 Å². The molecule has 4 heteroatoms. The fourth-order valence-corrected chi connectivity index (χ4v) is 4.55. The van der Waals surface area contributed by atoms with Crippen LogP contribution in [-0.2, 0) is 4.74 Å². The van der Waals surface area contributed by atoms with E-state index >= 15 is 0 Å². The largest absolute Gasteiger partial charge is 0.363 e. The van der Waals surface area contributed by atoms with E-state index < -0.39 is 0 Å². The first-order valence-electron chi connectivity index (χ1n) is 7.08. The normalized spacial score (nSPS) is 31.4. The molecule has 1 N–H and O–H groups in total. The minimum atomic E-state index is -0.00818. The highest BCUT2D eigenvalue weighted by Gasteiger charge is 2.55. The first kappa shape index (κ1) is 12.2. The Kier molecular flexibility index (Phi) is 2.36. The SMILES string of the molecule is O=C1NC2C(c3cc(I)ccc31)[C@@H]1O[C@H]2c2ccccc21. The highest BCUT2D eigenvalue weighted by Crippen LogP contribution is 2.59. The Balaban J connectivity index is 1.73. The summed E-state index contributed by atoms with van der Waals surface area (Å²) in [5.41, 5.74) is 4.45. The Hall–Kier alpha value is -1.40. The van der Waals surface area contributed by atoms with E-state index in [1.165, 1.54) is 11.1 Å². The van der Waals surface area contributed by atoms with Crippen LogP contribution in [0.2, 0.25) is 0 Å². The van der Waals surface area contributed by atoms with Gasteiger partial charge in [-0.3, -0.25) is 4.79 Å². The van der Waals surface area contributed by atoms with Gasteiger partial charge in [-0.2, -0.15) is 0 Å². The van der Waals surface area contributed by atoms with Crippen LogP contribution in [0.1, 0.15) is 45.2 Å². The van der Waals surface area contributed by atoms with Crippen molar-refractivity contribution in [3.05, 3.63) is 68.3 Å². The molecule has 3 aliphatic heterocycles. The standard InChI is InChI=1S/C17H12INO2/c18-8-5-6-11-12(7-8)13-14(19-17(11)20)16-10-4-2-1-3-9(10)15(13)21-16/h1-7,13-16H,(H,19,20)/t13?,14?,15-,16+/m1/s1. The van der Waals surface area contributed by atoms with E-state index in [0.717, 1.165) is 14.7 Å². The Morgan fingerprint density at radius 1 is 1.00 bits per heavy atom. The molecule has 2 bridgehead atoms. The monoisotopic (exact) mass is 389 g/mol. The highest BCUT2D eigenvalue weighted by molar-refractivity contribution is 14.1. The van der Waals surface area contributed by atoms with Crippen molar-refractivity contribution in [3.8, 4) is 0 Å². The molecule has 1 amide bonds. The predicted molar refractivity (Wildman–Crippen MR) is 86.2 cm³/mol. The van der Waals surface area contributed by atoms with Gasteiger partial charge in [0.05, 0.1) is 12.1 Å². The number of halogens is 1. The molecule has 3 nitrogen and oxygen atoms in total. The summed E-state index contributed by atoms with van der Waals surface area (Å²) in [4.78, 5) is 12.4. The molecule has 2 aromatic carbocycles. The van der Waals surface area contributed by atoms with Crippen molar-refractivity contribution >= 4 is 28.5 Å². The molecule has 4 atom stereocenters. The number of ether oxygens (including phenoxy) is 1. The van der Waals surface area contributed by atoms with Crippen molar-refractivity contribution in [1.29, 1.82) is 0 Å². The molecule has 0 aromatic heterocycles. The summed E-state index contributed by atoms with van der Waals surface area (Å²) in [6.07, 6.45) is 0.0555. The van der Waals surface area contributed by atoms with E-state index in [9.17, 15) is 4.79 Å². The minimum absolute atomic E-state index is 0.00818. The van der Waals surface area contributed by atoms with Gasteiger partial charge >= 0.3 is 0 Å². The lowest BCUT2D eigenvalue weighted by atomic mass is 9.73. The van der Waals surface area contributed by atoms with Crippen molar-refractivity contribution in [2.24, 2.45) is 0 Å². The summed E-state index contributed by atoms with van der Waals surface area (Å²) in [5.74, 6) is 0.253. The first-order valence-corrected chi connectivity index (χ1v) is 8.16. The van der Waals surface area contributed by atoms with Crippen molar-refractivity contribution in [3.63, 3.8) is 0 Å². The molecule has 2 unspecified atom stereocenters.